The van der Waals surface area contributed by atoms with Crippen LogP contribution in [0, 0.1) is 10.1 Å². The Morgan fingerprint density at radius 2 is 1.97 bits per heavy atom. The highest BCUT2D eigenvalue weighted by molar-refractivity contribution is 5.95. The minimum Gasteiger partial charge on any atom is -0.506 e. The second kappa shape index (κ2) is 8.78. The van der Waals surface area contributed by atoms with Crippen LogP contribution in [0.4, 0.5) is 17.1 Å². The predicted molar refractivity (Wildman–Crippen MR) is 109 cm³/mol. The number of anilines is 2. The summed E-state index contributed by atoms with van der Waals surface area (Å²) < 4.78 is 5.21. The molecule has 1 aliphatic rings. The van der Waals surface area contributed by atoms with E-state index in [0.717, 1.165) is 23.7 Å². The lowest BCUT2D eigenvalue weighted by Crippen LogP contribution is -3.19. The third-order valence-corrected chi connectivity index (χ3v) is 5.29. The van der Waals surface area contributed by atoms with Gasteiger partial charge < -0.3 is 25.0 Å². The summed E-state index contributed by atoms with van der Waals surface area (Å²) in [5.41, 5.74) is 0.966. The molecule has 0 unspecified atom stereocenters. The standard InChI is InChI=1S/C20H24N4O5/c1-14(20(26)21-16-13-15(24(27)28)7-8-19(16)29-2)22-9-11-23(12-10-22)17-5-3-4-6-18(17)25/h3-8,13-14,25H,9-12H2,1-2H3,(H,21,26)/p+1/t14-/m1/s1. The molecule has 0 spiro atoms. The largest absolute Gasteiger partial charge is 0.506 e. The quantitative estimate of drug-likeness (QED) is 0.493. The van der Waals surface area contributed by atoms with Gasteiger partial charge in [-0.15, -0.1) is 0 Å². The lowest BCUT2D eigenvalue weighted by Gasteiger charge is -2.36. The van der Waals surface area contributed by atoms with Crippen molar-refractivity contribution in [3.8, 4) is 11.5 Å². The number of phenols is 1. The number of non-ortho nitro benzene ring substituents is 1. The molecule has 0 saturated carbocycles. The minimum atomic E-state index is -0.512. The number of ether oxygens (including phenoxy) is 1. The van der Waals surface area contributed by atoms with Crippen LogP contribution in [-0.4, -0.2) is 55.3 Å². The summed E-state index contributed by atoms with van der Waals surface area (Å²) >= 11 is 0. The van der Waals surface area contributed by atoms with Crippen molar-refractivity contribution in [2.24, 2.45) is 0 Å². The average Bonchev–Trinajstić information content (AvgIpc) is 2.73. The van der Waals surface area contributed by atoms with Crippen LogP contribution in [0.5, 0.6) is 11.5 Å². The number of nitrogens with one attached hydrogen (secondary N) is 2. The molecule has 1 saturated heterocycles. The molecule has 0 aliphatic carbocycles. The maximum absolute atomic E-state index is 12.8. The maximum atomic E-state index is 12.8. The Hall–Kier alpha value is -3.33. The van der Waals surface area contributed by atoms with Crippen molar-refractivity contribution in [1.82, 2.24) is 0 Å². The zero-order valence-corrected chi connectivity index (χ0v) is 16.4. The molecule has 1 aliphatic heterocycles. The minimum absolute atomic E-state index is 0.114. The number of amides is 1. The summed E-state index contributed by atoms with van der Waals surface area (Å²) in [6, 6.07) is 11.0. The highest BCUT2D eigenvalue weighted by Crippen LogP contribution is 2.29. The SMILES string of the molecule is COc1ccc([N+](=O)[O-])cc1NC(=O)[C@@H](C)[NH+]1CCN(c2ccccc2O)CC1. The third kappa shape index (κ3) is 4.57. The molecule has 0 aromatic heterocycles. The van der Waals surface area contributed by atoms with Crippen molar-refractivity contribution in [3.63, 3.8) is 0 Å². The first-order chi connectivity index (χ1) is 13.9. The lowest BCUT2D eigenvalue weighted by molar-refractivity contribution is -0.914. The van der Waals surface area contributed by atoms with Crippen LogP contribution in [0.3, 0.4) is 0 Å². The zero-order valence-electron chi connectivity index (χ0n) is 16.4. The molecule has 154 valence electrons. The third-order valence-electron chi connectivity index (χ3n) is 5.29. The van der Waals surface area contributed by atoms with E-state index in [4.69, 9.17) is 4.74 Å². The van der Waals surface area contributed by atoms with Crippen molar-refractivity contribution < 1.29 is 24.5 Å². The van der Waals surface area contributed by atoms with E-state index in [1.165, 1.54) is 25.3 Å². The fourth-order valence-corrected chi connectivity index (χ4v) is 3.53. The Labute approximate surface area is 168 Å². The number of hydrogen-bond donors (Lipinski definition) is 3. The van der Waals surface area contributed by atoms with E-state index in [2.05, 4.69) is 10.2 Å². The first-order valence-corrected chi connectivity index (χ1v) is 9.41. The van der Waals surface area contributed by atoms with Gasteiger partial charge in [0.15, 0.2) is 6.04 Å². The van der Waals surface area contributed by atoms with Gasteiger partial charge >= 0.3 is 0 Å². The molecular weight excluding hydrogens is 376 g/mol. The van der Waals surface area contributed by atoms with Crippen LogP contribution >= 0.6 is 0 Å². The topological polar surface area (TPSA) is 109 Å². The number of benzene rings is 2. The number of hydrogen-bond acceptors (Lipinski definition) is 6. The van der Waals surface area contributed by atoms with Gasteiger partial charge in [-0.25, -0.2) is 0 Å². The molecule has 1 heterocycles. The summed E-state index contributed by atoms with van der Waals surface area (Å²) in [7, 11) is 1.45. The predicted octanol–water partition coefficient (Wildman–Crippen LogP) is 1.04. The van der Waals surface area contributed by atoms with E-state index in [9.17, 15) is 20.0 Å². The molecule has 1 fully saturated rings. The van der Waals surface area contributed by atoms with Gasteiger partial charge in [0, 0.05) is 12.1 Å². The summed E-state index contributed by atoms with van der Waals surface area (Å²) in [5.74, 6) is 0.393. The van der Waals surface area contributed by atoms with E-state index in [0.29, 0.717) is 18.8 Å². The van der Waals surface area contributed by atoms with Crippen molar-refractivity contribution in [2.75, 3.05) is 43.5 Å². The number of carbonyl (C=O) groups excluding carboxylic acids is 1. The highest BCUT2D eigenvalue weighted by Gasteiger charge is 2.30. The fraction of sp³-hybridized carbons (Fsp3) is 0.350. The Morgan fingerprint density at radius 3 is 2.59 bits per heavy atom. The number of rotatable bonds is 6. The highest BCUT2D eigenvalue weighted by atomic mass is 16.6. The first-order valence-electron chi connectivity index (χ1n) is 9.41. The van der Waals surface area contributed by atoms with Crippen LogP contribution in [0.1, 0.15) is 6.92 Å². The molecule has 9 nitrogen and oxygen atoms in total. The maximum Gasteiger partial charge on any atom is 0.282 e. The number of piperazine rings is 1. The molecular formula is C20H25N4O5+. The van der Waals surface area contributed by atoms with Gasteiger partial charge in [0.2, 0.25) is 0 Å². The van der Waals surface area contributed by atoms with Gasteiger partial charge in [0.05, 0.1) is 49.6 Å². The number of aromatic hydroxyl groups is 1. The van der Waals surface area contributed by atoms with Crippen LogP contribution in [0.2, 0.25) is 0 Å². The molecule has 1 atom stereocenters. The molecule has 9 heteroatoms. The molecule has 2 aromatic rings. The van der Waals surface area contributed by atoms with Crippen LogP contribution in [0.25, 0.3) is 0 Å². The Morgan fingerprint density at radius 1 is 1.28 bits per heavy atom. The molecule has 0 radical (unpaired) electrons. The number of carbonyl (C=O) groups is 1. The second-order valence-electron chi connectivity index (χ2n) is 6.99. The van der Waals surface area contributed by atoms with E-state index in [1.54, 1.807) is 12.1 Å². The second-order valence-corrected chi connectivity index (χ2v) is 6.99. The van der Waals surface area contributed by atoms with Gasteiger partial charge in [-0.2, -0.15) is 0 Å². The smallest absolute Gasteiger partial charge is 0.282 e. The Bertz CT molecular complexity index is 896. The van der Waals surface area contributed by atoms with E-state index in [-0.39, 0.29) is 29.1 Å². The van der Waals surface area contributed by atoms with Crippen molar-refractivity contribution in [3.05, 3.63) is 52.6 Å². The molecule has 3 rings (SSSR count). The van der Waals surface area contributed by atoms with Crippen LogP contribution in [-0.2, 0) is 4.79 Å². The lowest BCUT2D eigenvalue weighted by atomic mass is 10.1. The molecule has 3 N–H and O–H groups in total. The number of para-hydroxylation sites is 2. The summed E-state index contributed by atoms with van der Waals surface area (Å²) in [4.78, 5) is 26.5. The molecule has 2 aromatic carbocycles. The number of methoxy groups -OCH3 is 1. The summed E-state index contributed by atoms with van der Waals surface area (Å²) in [6.07, 6.45) is 0. The van der Waals surface area contributed by atoms with E-state index < -0.39 is 4.92 Å². The zero-order chi connectivity index (χ0) is 21.0. The van der Waals surface area contributed by atoms with Crippen molar-refractivity contribution >= 4 is 23.0 Å². The van der Waals surface area contributed by atoms with Gasteiger partial charge in [-0.1, -0.05) is 12.1 Å². The van der Waals surface area contributed by atoms with Crippen molar-refractivity contribution in [1.29, 1.82) is 0 Å². The summed E-state index contributed by atoms with van der Waals surface area (Å²) in [6.45, 7) is 4.73. The number of nitro benzene ring substituents is 1. The normalized spacial score (nSPS) is 15.6. The number of quaternary nitrogens is 1. The van der Waals surface area contributed by atoms with Gasteiger partial charge in [0.25, 0.3) is 11.6 Å². The van der Waals surface area contributed by atoms with Gasteiger partial charge in [-0.3, -0.25) is 14.9 Å². The van der Waals surface area contributed by atoms with E-state index in [1.807, 2.05) is 19.1 Å². The summed E-state index contributed by atoms with van der Waals surface area (Å²) in [5, 5.41) is 23.8. The number of nitrogens with zero attached hydrogens (tertiary/aromatic N) is 2. The van der Waals surface area contributed by atoms with Crippen molar-refractivity contribution in [2.45, 2.75) is 13.0 Å². The number of nitro groups is 1. The Balaban J connectivity index is 1.64. The van der Waals surface area contributed by atoms with Gasteiger partial charge in [0.1, 0.15) is 11.5 Å². The van der Waals surface area contributed by atoms with Gasteiger partial charge in [-0.05, 0) is 25.1 Å². The number of phenolic OH excluding ortho intramolecular Hbond substituents is 1. The molecule has 0 bridgehead atoms. The van der Waals surface area contributed by atoms with Crippen LogP contribution in [0.15, 0.2) is 42.5 Å². The van der Waals surface area contributed by atoms with Crippen LogP contribution < -0.4 is 19.9 Å². The van der Waals surface area contributed by atoms with E-state index >= 15 is 0 Å². The average molecular weight is 401 g/mol. The Kier molecular flexibility index (Phi) is 6.18. The first kappa shape index (κ1) is 20.4. The fourth-order valence-electron chi connectivity index (χ4n) is 3.53. The molecule has 29 heavy (non-hydrogen) atoms. The molecule has 1 amide bonds. The monoisotopic (exact) mass is 401 g/mol.